The zero-order valence-electron chi connectivity index (χ0n) is 14.2. The lowest BCUT2D eigenvalue weighted by molar-refractivity contribution is -0.384. The van der Waals surface area contributed by atoms with E-state index in [2.05, 4.69) is 10.1 Å². The third-order valence-electron chi connectivity index (χ3n) is 4.23. The molecule has 2 aromatic carbocycles. The monoisotopic (exact) mass is 377 g/mol. The molecule has 0 saturated carbocycles. The molecule has 1 fully saturated rings. The van der Waals surface area contributed by atoms with Crippen molar-refractivity contribution in [3.8, 4) is 5.75 Å². The highest BCUT2D eigenvalue weighted by Gasteiger charge is 2.24. The molecule has 142 valence electrons. The number of nitrogens with zero attached hydrogens (tertiary/aromatic N) is 2. The fourth-order valence-electron chi connectivity index (χ4n) is 3.00. The number of carbonyl (C=O) groups is 1. The SMILES string of the molecule is O=C(Nc1ccccc1OC(F)F)c1ccc(N2CCCC2)c([N+](=O)[O-])c1. The van der Waals surface area contributed by atoms with E-state index >= 15 is 0 Å². The number of amides is 1. The van der Waals surface area contributed by atoms with Gasteiger partial charge in [0.2, 0.25) is 0 Å². The molecule has 0 atom stereocenters. The molecule has 0 aromatic heterocycles. The van der Waals surface area contributed by atoms with E-state index in [0.29, 0.717) is 5.69 Å². The second kappa shape index (κ2) is 7.98. The normalized spacial score (nSPS) is 13.7. The van der Waals surface area contributed by atoms with Crippen LogP contribution in [0.15, 0.2) is 42.5 Å². The van der Waals surface area contributed by atoms with Crippen LogP contribution in [0.2, 0.25) is 0 Å². The Labute approximate surface area is 153 Å². The third kappa shape index (κ3) is 4.30. The first-order chi connectivity index (χ1) is 13.0. The Hall–Kier alpha value is -3.23. The van der Waals surface area contributed by atoms with Crippen LogP contribution in [0.25, 0.3) is 0 Å². The fraction of sp³-hybridized carbons (Fsp3) is 0.278. The van der Waals surface area contributed by atoms with Crippen LogP contribution in [-0.2, 0) is 0 Å². The van der Waals surface area contributed by atoms with E-state index in [4.69, 9.17) is 0 Å². The number of nitro benzene ring substituents is 1. The minimum atomic E-state index is -3.04. The van der Waals surface area contributed by atoms with E-state index in [0.717, 1.165) is 25.9 Å². The fourth-order valence-corrected chi connectivity index (χ4v) is 3.00. The number of alkyl halides is 2. The average Bonchev–Trinajstić information content (AvgIpc) is 3.17. The van der Waals surface area contributed by atoms with Crippen molar-refractivity contribution >= 4 is 23.0 Å². The molecule has 2 aromatic rings. The van der Waals surface area contributed by atoms with E-state index in [-0.39, 0.29) is 22.7 Å². The predicted octanol–water partition coefficient (Wildman–Crippen LogP) is 4.05. The Morgan fingerprint density at radius 3 is 2.56 bits per heavy atom. The van der Waals surface area contributed by atoms with Gasteiger partial charge in [-0.25, -0.2) is 0 Å². The standard InChI is InChI=1S/C18H17F2N3O4/c19-18(20)27-16-6-2-1-5-13(16)21-17(24)12-7-8-14(15(11-12)23(25)26)22-9-3-4-10-22/h1-2,5-8,11,18H,3-4,9-10H2,(H,21,24). The van der Waals surface area contributed by atoms with Crippen LogP contribution < -0.4 is 15.0 Å². The quantitative estimate of drug-likeness (QED) is 0.606. The number of halogens is 2. The molecule has 3 rings (SSSR count). The molecular formula is C18H17F2N3O4. The molecule has 1 N–H and O–H groups in total. The summed E-state index contributed by atoms with van der Waals surface area (Å²) in [6, 6.07) is 9.95. The molecule has 27 heavy (non-hydrogen) atoms. The van der Waals surface area contributed by atoms with Crippen LogP contribution in [0, 0.1) is 10.1 Å². The molecule has 0 aliphatic carbocycles. The highest BCUT2D eigenvalue weighted by Crippen LogP contribution is 2.32. The third-order valence-corrected chi connectivity index (χ3v) is 4.23. The van der Waals surface area contributed by atoms with Crippen molar-refractivity contribution in [2.24, 2.45) is 0 Å². The van der Waals surface area contributed by atoms with Crippen molar-refractivity contribution < 1.29 is 23.2 Å². The number of nitro groups is 1. The summed E-state index contributed by atoms with van der Waals surface area (Å²) in [7, 11) is 0. The smallest absolute Gasteiger partial charge is 0.387 e. The van der Waals surface area contributed by atoms with Crippen LogP contribution in [0.4, 0.5) is 25.8 Å². The van der Waals surface area contributed by atoms with Gasteiger partial charge in [0, 0.05) is 24.7 Å². The van der Waals surface area contributed by atoms with E-state index < -0.39 is 17.4 Å². The molecule has 1 saturated heterocycles. The van der Waals surface area contributed by atoms with Crippen molar-refractivity contribution in [3.05, 3.63) is 58.1 Å². The largest absolute Gasteiger partial charge is 0.433 e. The van der Waals surface area contributed by atoms with E-state index in [1.807, 2.05) is 4.90 Å². The molecule has 1 heterocycles. The second-order valence-electron chi connectivity index (χ2n) is 5.98. The maximum absolute atomic E-state index is 12.5. The summed E-state index contributed by atoms with van der Waals surface area (Å²) in [4.78, 5) is 25.3. The molecule has 9 heteroatoms. The van der Waals surface area contributed by atoms with Gasteiger partial charge in [0.15, 0.2) is 0 Å². The second-order valence-corrected chi connectivity index (χ2v) is 5.98. The lowest BCUT2D eigenvalue weighted by atomic mass is 10.1. The number of hydrogen-bond acceptors (Lipinski definition) is 5. The molecule has 0 spiro atoms. The topological polar surface area (TPSA) is 84.7 Å². The van der Waals surface area contributed by atoms with Crippen molar-refractivity contribution in [3.63, 3.8) is 0 Å². The molecule has 1 aliphatic heterocycles. The van der Waals surface area contributed by atoms with E-state index in [1.54, 1.807) is 12.1 Å². The molecule has 0 unspecified atom stereocenters. The minimum Gasteiger partial charge on any atom is -0.433 e. The van der Waals surface area contributed by atoms with Crippen molar-refractivity contribution in [2.45, 2.75) is 19.5 Å². The van der Waals surface area contributed by atoms with Crippen molar-refractivity contribution in [2.75, 3.05) is 23.3 Å². The number of rotatable bonds is 6. The minimum absolute atomic E-state index is 0.0501. The summed E-state index contributed by atoms with van der Waals surface area (Å²) in [5, 5.41) is 13.9. The number of hydrogen-bond donors (Lipinski definition) is 1. The lowest BCUT2D eigenvalue weighted by Gasteiger charge is -2.18. The summed E-state index contributed by atoms with van der Waals surface area (Å²) in [5.74, 6) is -0.847. The molecule has 0 bridgehead atoms. The maximum atomic E-state index is 12.5. The Bertz CT molecular complexity index is 854. The number of ether oxygens (including phenoxy) is 1. The zero-order chi connectivity index (χ0) is 19.4. The summed E-state index contributed by atoms with van der Waals surface area (Å²) < 4.78 is 29.3. The van der Waals surface area contributed by atoms with Crippen molar-refractivity contribution in [1.82, 2.24) is 0 Å². The number of carbonyl (C=O) groups excluding carboxylic acids is 1. The zero-order valence-corrected chi connectivity index (χ0v) is 14.2. The maximum Gasteiger partial charge on any atom is 0.387 e. The first-order valence-corrected chi connectivity index (χ1v) is 8.34. The molecule has 1 aliphatic rings. The number of nitrogens with one attached hydrogen (secondary N) is 1. The Balaban J connectivity index is 1.85. The van der Waals surface area contributed by atoms with Gasteiger partial charge in [0.05, 0.1) is 10.6 Å². The summed E-state index contributed by atoms with van der Waals surface area (Å²) >= 11 is 0. The summed E-state index contributed by atoms with van der Waals surface area (Å²) in [5.41, 5.74) is 0.405. The molecule has 7 nitrogen and oxygen atoms in total. The van der Waals surface area contributed by atoms with Gasteiger partial charge in [-0.2, -0.15) is 8.78 Å². The lowest BCUT2D eigenvalue weighted by Crippen LogP contribution is -2.20. The van der Waals surface area contributed by atoms with Crippen LogP contribution in [-0.4, -0.2) is 30.5 Å². The van der Waals surface area contributed by atoms with E-state index in [1.165, 1.54) is 30.3 Å². The highest BCUT2D eigenvalue weighted by molar-refractivity contribution is 6.05. The van der Waals surface area contributed by atoms with Gasteiger partial charge < -0.3 is 15.0 Å². The van der Waals surface area contributed by atoms with E-state index in [9.17, 15) is 23.7 Å². The van der Waals surface area contributed by atoms with Crippen LogP contribution in [0.1, 0.15) is 23.2 Å². The molecule has 0 radical (unpaired) electrons. The van der Waals surface area contributed by atoms with Gasteiger partial charge in [-0.15, -0.1) is 0 Å². The average molecular weight is 377 g/mol. The van der Waals surface area contributed by atoms with Crippen LogP contribution >= 0.6 is 0 Å². The number of anilines is 2. The van der Waals surface area contributed by atoms with Gasteiger partial charge in [-0.05, 0) is 37.1 Å². The predicted molar refractivity (Wildman–Crippen MR) is 95.6 cm³/mol. The van der Waals surface area contributed by atoms with Crippen LogP contribution in [0.5, 0.6) is 5.75 Å². The number of benzene rings is 2. The van der Waals surface area contributed by atoms with Gasteiger partial charge >= 0.3 is 6.61 Å². The summed E-state index contributed by atoms with van der Waals surface area (Å²) in [6.45, 7) is -1.58. The van der Waals surface area contributed by atoms with Gasteiger partial charge in [0.1, 0.15) is 11.4 Å². The first kappa shape index (κ1) is 18.6. The summed E-state index contributed by atoms with van der Waals surface area (Å²) in [6.07, 6.45) is 1.92. The Morgan fingerprint density at radius 1 is 1.19 bits per heavy atom. The first-order valence-electron chi connectivity index (χ1n) is 8.34. The Kier molecular flexibility index (Phi) is 5.49. The van der Waals surface area contributed by atoms with Gasteiger partial charge in [0.25, 0.3) is 11.6 Å². The van der Waals surface area contributed by atoms with Gasteiger partial charge in [-0.1, -0.05) is 12.1 Å². The molecule has 1 amide bonds. The highest BCUT2D eigenvalue weighted by atomic mass is 19.3. The molecular weight excluding hydrogens is 360 g/mol. The van der Waals surface area contributed by atoms with Crippen molar-refractivity contribution in [1.29, 1.82) is 0 Å². The number of para-hydroxylation sites is 2. The Morgan fingerprint density at radius 2 is 1.89 bits per heavy atom. The van der Waals surface area contributed by atoms with Crippen LogP contribution in [0.3, 0.4) is 0 Å². The van der Waals surface area contributed by atoms with Gasteiger partial charge in [-0.3, -0.25) is 14.9 Å².